The van der Waals surface area contributed by atoms with Gasteiger partial charge < -0.3 is 4.57 Å². The van der Waals surface area contributed by atoms with E-state index in [2.05, 4.69) is 24.5 Å². The van der Waals surface area contributed by atoms with Gasteiger partial charge in [0.05, 0.1) is 24.0 Å². The van der Waals surface area contributed by atoms with Crippen molar-refractivity contribution < 1.29 is 0 Å². The van der Waals surface area contributed by atoms with Crippen LogP contribution in [0.2, 0.25) is 0 Å². The maximum Gasteiger partial charge on any atom is 0.125 e. The zero-order valence-corrected chi connectivity index (χ0v) is 11.9. The Bertz CT molecular complexity index is 737. The fraction of sp³-hybridized carbons (Fsp3) is 0.286. The third-order valence-electron chi connectivity index (χ3n) is 3.10. The molecule has 0 fully saturated rings. The number of nitrogens with zero attached hydrogens (tertiary/aromatic N) is 5. The van der Waals surface area contributed by atoms with Crippen LogP contribution in [0.25, 0.3) is 11.0 Å². The molecule has 6 heteroatoms. The lowest BCUT2D eigenvalue weighted by molar-refractivity contribution is 0.730. The maximum absolute atomic E-state index is 5.87. The first-order valence-electron chi connectivity index (χ1n) is 6.41. The van der Waals surface area contributed by atoms with Crippen LogP contribution < -0.4 is 0 Å². The van der Waals surface area contributed by atoms with Crippen LogP contribution in [-0.2, 0) is 13.0 Å². The summed E-state index contributed by atoms with van der Waals surface area (Å²) in [6.45, 7) is 2.55. The second kappa shape index (κ2) is 5.54. The van der Waals surface area contributed by atoms with E-state index in [1.54, 1.807) is 18.6 Å². The Hall–Kier alpha value is -2.01. The Morgan fingerprint density at radius 1 is 1.20 bits per heavy atom. The topological polar surface area (TPSA) is 56.5 Å². The summed E-state index contributed by atoms with van der Waals surface area (Å²) < 4.78 is 2.14. The third kappa shape index (κ3) is 2.49. The number of hydrogen-bond donors (Lipinski definition) is 0. The molecule has 0 aromatic carbocycles. The average Bonchev–Trinajstić information content (AvgIpc) is 2.78. The number of halogens is 1. The molecule has 0 unspecified atom stereocenters. The van der Waals surface area contributed by atoms with Crippen molar-refractivity contribution in [1.82, 2.24) is 24.5 Å². The quantitative estimate of drug-likeness (QED) is 0.691. The van der Waals surface area contributed by atoms with Crippen molar-refractivity contribution in [1.29, 1.82) is 0 Å². The minimum absolute atomic E-state index is 0.541. The molecule has 102 valence electrons. The van der Waals surface area contributed by atoms with Crippen LogP contribution in [0.3, 0.4) is 0 Å². The number of alkyl halides is 1. The van der Waals surface area contributed by atoms with Crippen molar-refractivity contribution in [3.05, 3.63) is 48.1 Å². The third-order valence-corrected chi connectivity index (χ3v) is 3.29. The Labute approximate surface area is 121 Å². The van der Waals surface area contributed by atoms with Crippen LogP contribution in [0.15, 0.2) is 30.7 Å². The molecular formula is C14H14ClN5. The molecule has 0 amide bonds. The van der Waals surface area contributed by atoms with Crippen LogP contribution in [0.4, 0.5) is 0 Å². The molecule has 3 aromatic rings. The van der Waals surface area contributed by atoms with Crippen molar-refractivity contribution >= 4 is 22.6 Å². The van der Waals surface area contributed by atoms with Crippen LogP contribution >= 0.6 is 11.6 Å². The highest BCUT2D eigenvalue weighted by atomic mass is 35.5. The summed E-state index contributed by atoms with van der Waals surface area (Å²) in [5, 5.41) is 0. The predicted molar refractivity (Wildman–Crippen MR) is 77.8 cm³/mol. The van der Waals surface area contributed by atoms with Crippen LogP contribution in [0.1, 0.15) is 17.3 Å². The van der Waals surface area contributed by atoms with E-state index in [4.69, 9.17) is 11.6 Å². The van der Waals surface area contributed by atoms with E-state index in [-0.39, 0.29) is 0 Å². The lowest BCUT2D eigenvalue weighted by atomic mass is 10.3. The second-order valence-electron chi connectivity index (χ2n) is 4.51. The summed E-state index contributed by atoms with van der Waals surface area (Å²) in [5.74, 6) is 2.27. The van der Waals surface area contributed by atoms with E-state index in [0.717, 1.165) is 34.8 Å². The molecule has 0 N–H and O–H groups in total. The van der Waals surface area contributed by atoms with Crippen LogP contribution in [0.5, 0.6) is 0 Å². The molecular weight excluding hydrogens is 274 g/mol. The molecule has 3 heterocycles. The molecule has 0 saturated carbocycles. The Kier molecular flexibility index (Phi) is 3.60. The first kappa shape index (κ1) is 13.0. The lowest BCUT2D eigenvalue weighted by Crippen LogP contribution is -2.08. The van der Waals surface area contributed by atoms with Gasteiger partial charge in [0, 0.05) is 24.7 Å². The zero-order valence-electron chi connectivity index (χ0n) is 11.1. The number of aryl methyl sites for hydroxylation is 2. The van der Waals surface area contributed by atoms with E-state index in [1.165, 1.54) is 0 Å². The van der Waals surface area contributed by atoms with E-state index in [9.17, 15) is 0 Å². The van der Waals surface area contributed by atoms with Gasteiger partial charge in [-0.15, -0.1) is 11.6 Å². The number of pyridine rings is 1. The van der Waals surface area contributed by atoms with E-state index in [0.29, 0.717) is 12.4 Å². The normalized spacial score (nSPS) is 11.1. The Balaban J connectivity index is 2.06. The minimum atomic E-state index is 0.541. The Morgan fingerprint density at radius 3 is 2.90 bits per heavy atom. The number of imidazole rings is 1. The monoisotopic (exact) mass is 287 g/mol. The van der Waals surface area contributed by atoms with Gasteiger partial charge in [-0.2, -0.15) is 0 Å². The van der Waals surface area contributed by atoms with E-state index < -0.39 is 0 Å². The number of rotatable bonds is 4. The predicted octanol–water partition coefficient (Wildman–Crippen LogP) is 2.36. The van der Waals surface area contributed by atoms with Gasteiger partial charge >= 0.3 is 0 Å². The SMILES string of the molecule is Cc1nccc(Cn2c(CCCl)nc3cnccc32)n1. The standard InChI is InChI=1S/C14H14ClN5/c1-10-17-7-3-11(18-10)9-20-13-4-6-16-8-12(13)19-14(20)2-5-15/h3-4,6-8H,2,5,9H2,1H3. The minimum Gasteiger partial charge on any atom is -0.322 e. The van der Waals surface area contributed by atoms with Gasteiger partial charge in [-0.25, -0.2) is 15.0 Å². The molecule has 3 aromatic heterocycles. The summed E-state index contributed by atoms with van der Waals surface area (Å²) in [6.07, 6.45) is 6.05. The molecule has 5 nitrogen and oxygen atoms in total. The molecule has 0 radical (unpaired) electrons. The number of fused-ring (bicyclic) bond motifs is 1. The largest absolute Gasteiger partial charge is 0.322 e. The fourth-order valence-corrected chi connectivity index (χ4v) is 2.41. The van der Waals surface area contributed by atoms with Crippen LogP contribution in [0, 0.1) is 6.92 Å². The highest BCUT2D eigenvalue weighted by molar-refractivity contribution is 6.17. The van der Waals surface area contributed by atoms with Crippen molar-refractivity contribution in [2.24, 2.45) is 0 Å². The van der Waals surface area contributed by atoms with Crippen molar-refractivity contribution in [2.75, 3.05) is 5.88 Å². The second-order valence-corrected chi connectivity index (χ2v) is 4.89. The van der Waals surface area contributed by atoms with Gasteiger partial charge in [0.2, 0.25) is 0 Å². The van der Waals surface area contributed by atoms with Gasteiger partial charge in [-0.1, -0.05) is 0 Å². The molecule has 0 bridgehead atoms. The highest BCUT2D eigenvalue weighted by Gasteiger charge is 2.11. The average molecular weight is 288 g/mol. The summed E-state index contributed by atoms with van der Waals surface area (Å²) in [4.78, 5) is 17.3. The molecule has 20 heavy (non-hydrogen) atoms. The van der Waals surface area contributed by atoms with Gasteiger partial charge in [0.15, 0.2) is 0 Å². The van der Waals surface area contributed by atoms with Gasteiger partial charge in [-0.3, -0.25) is 4.98 Å². The first-order valence-corrected chi connectivity index (χ1v) is 6.95. The lowest BCUT2D eigenvalue weighted by Gasteiger charge is -2.08. The van der Waals surface area contributed by atoms with E-state index in [1.807, 2.05) is 19.1 Å². The number of hydrogen-bond acceptors (Lipinski definition) is 4. The highest BCUT2D eigenvalue weighted by Crippen LogP contribution is 2.17. The van der Waals surface area contributed by atoms with Gasteiger partial charge in [0.1, 0.15) is 17.2 Å². The summed E-state index contributed by atoms with van der Waals surface area (Å²) in [5.41, 5.74) is 2.90. The van der Waals surface area contributed by atoms with Crippen molar-refractivity contribution in [2.45, 2.75) is 19.9 Å². The molecule has 0 spiro atoms. The Morgan fingerprint density at radius 2 is 2.10 bits per heavy atom. The number of aromatic nitrogens is 5. The molecule has 0 aliphatic carbocycles. The fourth-order valence-electron chi connectivity index (χ4n) is 2.24. The molecule has 0 aliphatic rings. The summed E-state index contributed by atoms with van der Waals surface area (Å²) in [7, 11) is 0. The van der Waals surface area contributed by atoms with Crippen molar-refractivity contribution in [3.63, 3.8) is 0 Å². The molecule has 0 atom stereocenters. The van der Waals surface area contributed by atoms with Crippen molar-refractivity contribution in [3.8, 4) is 0 Å². The molecule has 0 saturated heterocycles. The van der Waals surface area contributed by atoms with E-state index >= 15 is 0 Å². The maximum atomic E-state index is 5.87. The molecule has 0 aliphatic heterocycles. The molecule has 3 rings (SSSR count). The summed E-state index contributed by atoms with van der Waals surface area (Å²) >= 11 is 5.87. The summed E-state index contributed by atoms with van der Waals surface area (Å²) in [6, 6.07) is 3.89. The smallest absolute Gasteiger partial charge is 0.125 e. The zero-order chi connectivity index (χ0) is 13.9. The van der Waals surface area contributed by atoms with Gasteiger partial charge in [-0.05, 0) is 19.1 Å². The van der Waals surface area contributed by atoms with Gasteiger partial charge in [0.25, 0.3) is 0 Å². The van der Waals surface area contributed by atoms with Crippen LogP contribution in [-0.4, -0.2) is 30.4 Å². The first-order chi connectivity index (χ1) is 9.78.